The predicted octanol–water partition coefficient (Wildman–Crippen LogP) is 6.66. The predicted molar refractivity (Wildman–Crippen MR) is 213 cm³/mol. The number of β-amino-alcohol motifs (C(OH)–C–C–N with tert-alkyl or cyclic N) is 1. The Balaban J connectivity index is 1.29. The number of aromatic nitrogens is 1. The van der Waals surface area contributed by atoms with Crippen LogP contribution in [0.2, 0.25) is 5.02 Å². The normalized spacial score (nSPS) is 17.4. The third-order valence-corrected chi connectivity index (χ3v) is 11.1. The summed E-state index contributed by atoms with van der Waals surface area (Å²) < 4.78 is 20.9. The standard InChI is InChI=1S/C41H55ClFN5O6S/c1-24(12-17-34(44)50)22-54-33-19-30(42)18-29(36(33)43)10-8-7-9-11-35(51)47-38(41(4,5)6)40(53)48-21-31(49)20-32(48)39(52)46-25(2)27-13-15-28(16-14-27)37-26(3)45-23-55-37/h13-16,18-19,23-25,31-32,38,49H,7-12,17,20-22H2,1-6H3,(H2,44,50)(H,46,52)(H,47,51)/t24-,25-,31+,32-,38+/m0/s1. The maximum absolute atomic E-state index is 15.2. The number of nitrogens with two attached hydrogens (primary N) is 1. The van der Waals surface area contributed by atoms with Crippen LogP contribution in [0.25, 0.3) is 10.4 Å². The van der Waals surface area contributed by atoms with Crippen molar-refractivity contribution in [2.75, 3.05) is 13.2 Å². The second kappa shape index (κ2) is 19.7. The first-order valence-electron chi connectivity index (χ1n) is 18.9. The fraction of sp³-hybridized carbons (Fsp3) is 0.537. The molecule has 1 fully saturated rings. The number of likely N-dealkylation sites (tertiary alicyclic amines) is 1. The van der Waals surface area contributed by atoms with Gasteiger partial charge in [-0.15, -0.1) is 11.3 Å². The van der Waals surface area contributed by atoms with Crippen molar-refractivity contribution >= 4 is 46.6 Å². The molecule has 1 saturated heterocycles. The third-order valence-electron chi connectivity index (χ3n) is 9.90. The first-order chi connectivity index (χ1) is 25.9. The van der Waals surface area contributed by atoms with Crippen LogP contribution in [0.5, 0.6) is 5.75 Å². The van der Waals surface area contributed by atoms with E-state index in [0.29, 0.717) is 42.7 Å². The highest BCUT2D eigenvalue weighted by molar-refractivity contribution is 7.13. The summed E-state index contributed by atoms with van der Waals surface area (Å²) in [5.74, 6) is -1.93. The molecule has 55 heavy (non-hydrogen) atoms. The zero-order valence-electron chi connectivity index (χ0n) is 32.6. The highest BCUT2D eigenvalue weighted by Gasteiger charge is 2.44. The van der Waals surface area contributed by atoms with Gasteiger partial charge in [-0.05, 0) is 73.6 Å². The summed E-state index contributed by atoms with van der Waals surface area (Å²) in [4.78, 5) is 58.6. The molecule has 5 atom stereocenters. The van der Waals surface area contributed by atoms with Crippen molar-refractivity contribution in [3.05, 3.63) is 69.6 Å². The zero-order valence-corrected chi connectivity index (χ0v) is 34.2. The van der Waals surface area contributed by atoms with Crippen molar-refractivity contribution in [2.24, 2.45) is 17.1 Å². The molecule has 0 aliphatic carbocycles. The molecule has 1 aromatic heterocycles. The molecule has 0 spiro atoms. The Morgan fingerprint density at radius 2 is 1.80 bits per heavy atom. The quantitative estimate of drug-likeness (QED) is 0.105. The molecule has 1 aliphatic rings. The van der Waals surface area contributed by atoms with Gasteiger partial charge in [-0.3, -0.25) is 19.2 Å². The minimum Gasteiger partial charge on any atom is -0.490 e. The van der Waals surface area contributed by atoms with Crippen LogP contribution in [0.1, 0.15) is 102 Å². The maximum Gasteiger partial charge on any atom is 0.246 e. The molecule has 4 amide bonds. The second-order valence-corrected chi connectivity index (χ2v) is 17.0. The van der Waals surface area contributed by atoms with E-state index in [1.807, 2.05) is 71.3 Å². The largest absolute Gasteiger partial charge is 0.490 e. The van der Waals surface area contributed by atoms with Gasteiger partial charge < -0.3 is 31.1 Å². The van der Waals surface area contributed by atoms with Gasteiger partial charge in [0.05, 0.1) is 34.8 Å². The van der Waals surface area contributed by atoms with Crippen LogP contribution < -0.4 is 21.1 Å². The molecule has 4 rings (SSSR count). The van der Waals surface area contributed by atoms with Gasteiger partial charge in [-0.1, -0.05) is 70.0 Å². The number of primary amides is 1. The number of nitrogens with one attached hydrogen (secondary N) is 2. The Hall–Kier alpha value is -4.07. The van der Waals surface area contributed by atoms with E-state index >= 15 is 4.39 Å². The highest BCUT2D eigenvalue weighted by atomic mass is 35.5. The summed E-state index contributed by atoms with van der Waals surface area (Å²) in [6.45, 7) is 11.5. The van der Waals surface area contributed by atoms with Gasteiger partial charge in [0.25, 0.3) is 0 Å². The van der Waals surface area contributed by atoms with E-state index in [4.69, 9.17) is 22.1 Å². The maximum atomic E-state index is 15.2. The van der Waals surface area contributed by atoms with Gasteiger partial charge in [-0.25, -0.2) is 9.37 Å². The number of carbonyl (C=O) groups excluding carboxylic acids is 4. The number of aliphatic hydroxyl groups is 1. The van der Waals surface area contributed by atoms with Crippen molar-refractivity contribution in [1.82, 2.24) is 20.5 Å². The number of nitrogens with zero attached hydrogens (tertiary/aromatic N) is 2. The fourth-order valence-electron chi connectivity index (χ4n) is 6.64. The van der Waals surface area contributed by atoms with E-state index < -0.39 is 41.2 Å². The van der Waals surface area contributed by atoms with Crippen LogP contribution in [-0.4, -0.2) is 70.0 Å². The fourth-order valence-corrected chi connectivity index (χ4v) is 7.68. The first kappa shape index (κ1) is 43.7. The molecule has 0 unspecified atom stereocenters. The molecule has 3 aromatic rings. The third kappa shape index (κ3) is 12.5. The Labute approximate surface area is 332 Å². The number of aliphatic hydroxyl groups excluding tert-OH is 1. The van der Waals surface area contributed by atoms with Gasteiger partial charge in [0, 0.05) is 36.9 Å². The van der Waals surface area contributed by atoms with E-state index in [2.05, 4.69) is 15.6 Å². The molecule has 2 heterocycles. The van der Waals surface area contributed by atoms with Crippen LogP contribution in [0.4, 0.5) is 4.39 Å². The topological polar surface area (TPSA) is 164 Å². The minimum atomic E-state index is -0.932. The smallest absolute Gasteiger partial charge is 0.246 e. The van der Waals surface area contributed by atoms with Crippen molar-refractivity contribution in [3.8, 4) is 16.2 Å². The minimum absolute atomic E-state index is 0.000422. The SMILES string of the molecule is Cc1ncsc1-c1ccc([C@H](C)NC(=O)[C@@H]2C[C@@H](O)CN2C(=O)[C@@H](NC(=O)CCCCCc2cc(Cl)cc(OC[C@@H](C)CCC(N)=O)c2F)C(C)(C)C)cc1. The van der Waals surface area contributed by atoms with Crippen LogP contribution in [0.15, 0.2) is 41.9 Å². The molecule has 14 heteroatoms. The summed E-state index contributed by atoms with van der Waals surface area (Å²) >= 11 is 7.82. The number of hydrogen-bond donors (Lipinski definition) is 4. The summed E-state index contributed by atoms with van der Waals surface area (Å²) in [6.07, 6.45) is 2.25. The van der Waals surface area contributed by atoms with Crippen molar-refractivity contribution in [1.29, 1.82) is 0 Å². The Morgan fingerprint density at radius 1 is 1.09 bits per heavy atom. The number of halogens is 2. The molecule has 11 nitrogen and oxygen atoms in total. The van der Waals surface area contributed by atoms with E-state index in [1.165, 1.54) is 11.0 Å². The number of carbonyl (C=O) groups is 4. The Bertz CT molecular complexity index is 1800. The lowest BCUT2D eigenvalue weighted by atomic mass is 9.85. The molecule has 5 N–H and O–H groups in total. The van der Waals surface area contributed by atoms with Gasteiger partial charge >= 0.3 is 0 Å². The number of unbranched alkanes of at least 4 members (excludes halogenated alkanes) is 2. The number of hydrogen-bond acceptors (Lipinski definition) is 8. The second-order valence-electron chi connectivity index (χ2n) is 15.7. The summed E-state index contributed by atoms with van der Waals surface area (Å²) in [5, 5.41) is 16.9. The van der Waals surface area contributed by atoms with Gasteiger partial charge in [0.1, 0.15) is 12.1 Å². The lowest BCUT2D eigenvalue weighted by molar-refractivity contribution is -0.144. The average Bonchev–Trinajstić information content (AvgIpc) is 3.74. The number of rotatable bonds is 18. The van der Waals surface area contributed by atoms with E-state index in [1.54, 1.807) is 17.4 Å². The first-order valence-corrected chi connectivity index (χ1v) is 20.2. The number of thiazole rings is 1. The molecular weight excluding hydrogens is 745 g/mol. The molecule has 0 saturated carbocycles. The highest BCUT2D eigenvalue weighted by Crippen LogP contribution is 2.31. The molecule has 0 bridgehead atoms. The lowest BCUT2D eigenvalue weighted by Gasteiger charge is -2.35. The van der Waals surface area contributed by atoms with E-state index in [-0.39, 0.29) is 61.9 Å². The van der Waals surface area contributed by atoms with E-state index in [9.17, 15) is 24.3 Å². The average molecular weight is 800 g/mol. The summed E-state index contributed by atoms with van der Waals surface area (Å²) in [5.41, 5.74) is 9.65. The molecular formula is C41H55ClFN5O6S. The molecule has 0 radical (unpaired) electrons. The van der Waals surface area contributed by atoms with Gasteiger partial charge in [-0.2, -0.15) is 0 Å². The number of benzene rings is 2. The van der Waals surface area contributed by atoms with Crippen LogP contribution >= 0.6 is 22.9 Å². The zero-order chi connectivity index (χ0) is 40.4. The summed E-state index contributed by atoms with van der Waals surface area (Å²) in [7, 11) is 0. The molecule has 2 aromatic carbocycles. The lowest BCUT2D eigenvalue weighted by Crippen LogP contribution is -2.57. The molecule has 1 aliphatic heterocycles. The van der Waals surface area contributed by atoms with Crippen molar-refractivity contribution in [2.45, 2.75) is 117 Å². The Kier molecular flexibility index (Phi) is 15.6. The number of amides is 4. The Morgan fingerprint density at radius 3 is 2.44 bits per heavy atom. The van der Waals surface area contributed by atoms with Crippen LogP contribution in [-0.2, 0) is 25.6 Å². The van der Waals surface area contributed by atoms with Crippen LogP contribution in [0.3, 0.4) is 0 Å². The van der Waals surface area contributed by atoms with Crippen molar-refractivity contribution < 1.29 is 33.4 Å². The van der Waals surface area contributed by atoms with E-state index in [0.717, 1.165) is 21.7 Å². The monoisotopic (exact) mass is 799 g/mol. The van der Waals surface area contributed by atoms with Crippen molar-refractivity contribution in [3.63, 3.8) is 0 Å². The number of ether oxygens (including phenoxy) is 1. The summed E-state index contributed by atoms with van der Waals surface area (Å²) in [6, 6.07) is 8.73. The molecule has 300 valence electrons. The van der Waals surface area contributed by atoms with Gasteiger partial charge in [0.2, 0.25) is 23.6 Å². The van der Waals surface area contributed by atoms with Gasteiger partial charge in [0.15, 0.2) is 11.6 Å². The van der Waals surface area contributed by atoms with Crippen LogP contribution in [0, 0.1) is 24.1 Å². The number of aryl methyl sites for hydroxylation is 2.